The lowest BCUT2D eigenvalue weighted by Crippen LogP contribution is -2.21. The Morgan fingerprint density at radius 3 is 2.86 bits per heavy atom. The fourth-order valence-electron chi connectivity index (χ4n) is 0.367. The van der Waals surface area contributed by atoms with Crippen LogP contribution in [0.1, 0.15) is 12.8 Å². The Morgan fingerprint density at radius 1 is 1.71 bits per heavy atom. The summed E-state index contributed by atoms with van der Waals surface area (Å²) in [5.41, 5.74) is 7.80. The normalized spacial score (nSPS) is 20.1. The van der Waals surface area contributed by atoms with Gasteiger partial charge in [0.1, 0.15) is 6.73 Å². The molecule has 1 saturated carbocycles. The van der Waals surface area contributed by atoms with Crippen LogP contribution in [0.5, 0.6) is 0 Å². The maximum Gasteiger partial charge on any atom is 0.116 e. The summed E-state index contributed by atoms with van der Waals surface area (Å²) in [7, 11) is 0. The zero-order valence-corrected chi connectivity index (χ0v) is 4.18. The SMILES string of the molecule is NCONC1CC1. The van der Waals surface area contributed by atoms with Crippen molar-refractivity contribution >= 4 is 0 Å². The van der Waals surface area contributed by atoms with Crippen LogP contribution >= 0.6 is 0 Å². The van der Waals surface area contributed by atoms with E-state index in [0.717, 1.165) is 0 Å². The van der Waals surface area contributed by atoms with Crippen LogP contribution in [0.2, 0.25) is 0 Å². The molecule has 0 aromatic rings. The molecule has 0 heterocycles. The Bertz CT molecular complexity index is 53.7. The van der Waals surface area contributed by atoms with Gasteiger partial charge in [-0.05, 0) is 12.8 Å². The van der Waals surface area contributed by atoms with Crippen LogP contribution in [-0.2, 0) is 4.84 Å². The van der Waals surface area contributed by atoms with Gasteiger partial charge < -0.3 is 5.73 Å². The van der Waals surface area contributed by atoms with Gasteiger partial charge in [-0.25, -0.2) is 0 Å². The fraction of sp³-hybridized carbons (Fsp3) is 1.00. The lowest BCUT2D eigenvalue weighted by Gasteiger charge is -1.96. The summed E-state index contributed by atoms with van der Waals surface area (Å²) in [6, 6.07) is 0.601. The molecule has 0 aromatic carbocycles. The molecule has 0 bridgehead atoms. The van der Waals surface area contributed by atoms with E-state index in [0.29, 0.717) is 6.04 Å². The zero-order valence-electron chi connectivity index (χ0n) is 4.18. The number of nitrogens with one attached hydrogen (secondary N) is 1. The number of rotatable bonds is 3. The summed E-state index contributed by atoms with van der Waals surface area (Å²) in [5, 5.41) is 0. The summed E-state index contributed by atoms with van der Waals surface area (Å²) in [4.78, 5) is 4.69. The molecule has 3 N–H and O–H groups in total. The predicted molar refractivity (Wildman–Crippen MR) is 26.3 cm³/mol. The lowest BCUT2D eigenvalue weighted by atomic mass is 10.8. The second-order valence-corrected chi connectivity index (χ2v) is 1.70. The molecule has 3 nitrogen and oxygen atoms in total. The van der Waals surface area contributed by atoms with Gasteiger partial charge in [-0.2, -0.15) is 5.48 Å². The lowest BCUT2D eigenvalue weighted by molar-refractivity contribution is 0.0410. The number of hydrogen-bond donors (Lipinski definition) is 2. The Labute approximate surface area is 42.8 Å². The highest BCUT2D eigenvalue weighted by atomic mass is 16.7. The van der Waals surface area contributed by atoms with Crippen LogP contribution in [0.15, 0.2) is 0 Å². The van der Waals surface area contributed by atoms with Crippen molar-refractivity contribution in [3.8, 4) is 0 Å². The highest BCUT2D eigenvalue weighted by Crippen LogP contribution is 2.17. The molecule has 1 rings (SSSR count). The number of hydrogen-bond acceptors (Lipinski definition) is 3. The molecule has 0 aromatic heterocycles. The average Bonchev–Trinajstić information content (AvgIpc) is 2.42. The highest BCUT2D eigenvalue weighted by molar-refractivity contribution is 4.76. The van der Waals surface area contributed by atoms with Crippen LogP contribution in [0.25, 0.3) is 0 Å². The van der Waals surface area contributed by atoms with Crippen molar-refractivity contribution in [2.24, 2.45) is 5.73 Å². The maximum absolute atomic E-state index is 5.02. The Kier molecular flexibility index (Phi) is 1.62. The molecule has 0 unspecified atom stereocenters. The standard InChI is InChI=1S/C4H10N2O/c5-3-7-6-4-1-2-4/h4,6H,1-3,5H2. The molecule has 3 heteroatoms. The second-order valence-electron chi connectivity index (χ2n) is 1.70. The van der Waals surface area contributed by atoms with Gasteiger partial charge in [-0.3, -0.25) is 4.84 Å². The quantitative estimate of drug-likeness (QED) is 0.376. The van der Waals surface area contributed by atoms with Gasteiger partial charge in [0, 0.05) is 6.04 Å². The van der Waals surface area contributed by atoms with E-state index in [4.69, 9.17) is 5.73 Å². The van der Waals surface area contributed by atoms with Crippen molar-refractivity contribution in [3.63, 3.8) is 0 Å². The zero-order chi connectivity index (χ0) is 5.11. The first-order valence-electron chi connectivity index (χ1n) is 2.51. The van der Waals surface area contributed by atoms with E-state index in [1.54, 1.807) is 0 Å². The van der Waals surface area contributed by atoms with Crippen molar-refractivity contribution in [1.29, 1.82) is 0 Å². The molecule has 7 heavy (non-hydrogen) atoms. The Morgan fingerprint density at radius 2 is 2.43 bits per heavy atom. The number of hydroxylamine groups is 1. The molecule has 0 radical (unpaired) electrons. The molecule has 0 aliphatic heterocycles. The molecule has 1 fully saturated rings. The molecule has 1 aliphatic rings. The van der Waals surface area contributed by atoms with Crippen molar-refractivity contribution in [3.05, 3.63) is 0 Å². The van der Waals surface area contributed by atoms with E-state index >= 15 is 0 Å². The fourth-order valence-corrected chi connectivity index (χ4v) is 0.367. The molecule has 42 valence electrons. The minimum absolute atomic E-state index is 0.274. The van der Waals surface area contributed by atoms with Gasteiger partial charge in [0.25, 0.3) is 0 Å². The van der Waals surface area contributed by atoms with E-state index in [1.165, 1.54) is 12.8 Å². The predicted octanol–water partition coefficient (Wildman–Crippen LogP) is -0.414. The molecule has 0 amide bonds. The van der Waals surface area contributed by atoms with Gasteiger partial charge in [0.15, 0.2) is 0 Å². The minimum atomic E-state index is 0.274. The van der Waals surface area contributed by atoms with E-state index in [-0.39, 0.29) is 6.73 Å². The molecule has 0 atom stereocenters. The molecular formula is C4H10N2O. The Hall–Kier alpha value is -0.120. The Balaban J connectivity index is 1.80. The first-order chi connectivity index (χ1) is 3.43. The first-order valence-corrected chi connectivity index (χ1v) is 2.51. The molecule has 0 saturated heterocycles. The van der Waals surface area contributed by atoms with Crippen molar-refractivity contribution < 1.29 is 4.84 Å². The summed E-state index contributed by atoms with van der Waals surface area (Å²) < 4.78 is 0. The summed E-state index contributed by atoms with van der Waals surface area (Å²) in [6.45, 7) is 0.274. The third-order valence-corrected chi connectivity index (χ3v) is 0.911. The molecule has 1 aliphatic carbocycles. The van der Waals surface area contributed by atoms with E-state index in [9.17, 15) is 0 Å². The third-order valence-electron chi connectivity index (χ3n) is 0.911. The van der Waals surface area contributed by atoms with Gasteiger partial charge in [-0.15, -0.1) is 0 Å². The monoisotopic (exact) mass is 102 g/mol. The molecule has 0 spiro atoms. The van der Waals surface area contributed by atoms with Crippen LogP contribution in [0.3, 0.4) is 0 Å². The summed E-state index contributed by atoms with van der Waals surface area (Å²) in [6.07, 6.45) is 2.47. The first kappa shape index (κ1) is 5.03. The van der Waals surface area contributed by atoms with Crippen LogP contribution < -0.4 is 11.2 Å². The summed E-state index contributed by atoms with van der Waals surface area (Å²) >= 11 is 0. The van der Waals surface area contributed by atoms with Gasteiger partial charge in [0.05, 0.1) is 0 Å². The van der Waals surface area contributed by atoms with Crippen molar-refractivity contribution in [1.82, 2.24) is 5.48 Å². The average molecular weight is 102 g/mol. The highest BCUT2D eigenvalue weighted by Gasteiger charge is 2.20. The van der Waals surface area contributed by atoms with E-state index < -0.39 is 0 Å². The van der Waals surface area contributed by atoms with Gasteiger partial charge in [-0.1, -0.05) is 0 Å². The second kappa shape index (κ2) is 2.26. The summed E-state index contributed by atoms with van der Waals surface area (Å²) in [5.74, 6) is 0. The van der Waals surface area contributed by atoms with Crippen LogP contribution in [0, 0.1) is 0 Å². The largest absolute Gasteiger partial charge is 0.307 e. The van der Waals surface area contributed by atoms with Gasteiger partial charge in [0.2, 0.25) is 0 Å². The van der Waals surface area contributed by atoms with E-state index in [2.05, 4.69) is 10.3 Å². The van der Waals surface area contributed by atoms with Gasteiger partial charge >= 0.3 is 0 Å². The minimum Gasteiger partial charge on any atom is -0.307 e. The van der Waals surface area contributed by atoms with Crippen LogP contribution in [-0.4, -0.2) is 12.8 Å². The van der Waals surface area contributed by atoms with Crippen LogP contribution in [0.4, 0.5) is 0 Å². The smallest absolute Gasteiger partial charge is 0.116 e. The van der Waals surface area contributed by atoms with E-state index in [1.807, 2.05) is 0 Å². The molecular weight excluding hydrogens is 92.1 g/mol. The van der Waals surface area contributed by atoms with Crippen molar-refractivity contribution in [2.45, 2.75) is 18.9 Å². The number of nitrogens with two attached hydrogens (primary N) is 1. The topological polar surface area (TPSA) is 47.3 Å². The maximum atomic E-state index is 5.02. The van der Waals surface area contributed by atoms with Crippen molar-refractivity contribution in [2.75, 3.05) is 6.73 Å². The third kappa shape index (κ3) is 1.87.